The van der Waals surface area contributed by atoms with E-state index in [2.05, 4.69) is 11.9 Å². The molecule has 1 rings (SSSR count). The van der Waals surface area contributed by atoms with Crippen molar-refractivity contribution in [3.8, 4) is 0 Å². The molecule has 0 heterocycles. The zero-order valence-electron chi connectivity index (χ0n) is 9.99. The van der Waals surface area contributed by atoms with Crippen LogP contribution in [0.2, 0.25) is 0 Å². The van der Waals surface area contributed by atoms with E-state index >= 15 is 0 Å². The van der Waals surface area contributed by atoms with Gasteiger partial charge >= 0.3 is 0 Å². The van der Waals surface area contributed by atoms with Crippen molar-refractivity contribution >= 4 is 0 Å². The molecule has 0 spiro atoms. The van der Waals surface area contributed by atoms with Gasteiger partial charge in [0.2, 0.25) is 0 Å². The van der Waals surface area contributed by atoms with Gasteiger partial charge in [-0.1, -0.05) is 25.7 Å². The quantitative estimate of drug-likeness (QED) is 0.679. The van der Waals surface area contributed by atoms with Gasteiger partial charge in [-0.3, -0.25) is 0 Å². The van der Waals surface area contributed by atoms with Gasteiger partial charge in [-0.25, -0.2) is 0 Å². The van der Waals surface area contributed by atoms with E-state index < -0.39 is 0 Å². The molecule has 90 valence electrons. The standard InChI is InChI=1S/C12H26N2O/c1-14(9-8-12(15)10-13)11-6-4-2-3-5-7-11/h11-12,15H,2-10,13H2,1H3. The lowest BCUT2D eigenvalue weighted by Crippen LogP contribution is -2.34. The highest BCUT2D eigenvalue weighted by atomic mass is 16.3. The Hall–Kier alpha value is -0.120. The number of aliphatic hydroxyl groups is 1. The molecule has 0 aromatic rings. The summed E-state index contributed by atoms with van der Waals surface area (Å²) in [5.41, 5.74) is 5.39. The third kappa shape index (κ3) is 4.96. The maximum atomic E-state index is 9.41. The molecule has 0 amide bonds. The summed E-state index contributed by atoms with van der Waals surface area (Å²) in [7, 11) is 2.18. The van der Waals surface area contributed by atoms with Gasteiger partial charge < -0.3 is 15.7 Å². The second-order valence-corrected chi connectivity index (χ2v) is 4.80. The number of nitrogens with zero attached hydrogens (tertiary/aromatic N) is 1. The molecule has 15 heavy (non-hydrogen) atoms. The van der Waals surface area contributed by atoms with Crippen molar-refractivity contribution < 1.29 is 5.11 Å². The molecular weight excluding hydrogens is 188 g/mol. The third-order valence-corrected chi connectivity index (χ3v) is 3.54. The molecule has 0 saturated heterocycles. The van der Waals surface area contributed by atoms with Crippen molar-refractivity contribution in [1.29, 1.82) is 0 Å². The zero-order valence-corrected chi connectivity index (χ0v) is 9.99. The van der Waals surface area contributed by atoms with E-state index in [-0.39, 0.29) is 6.10 Å². The summed E-state index contributed by atoms with van der Waals surface area (Å²) in [6.07, 6.45) is 8.68. The number of hydrogen-bond donors (Lipinski definition) is 2. The van der Waals surface area contributed by atoms with Crippen molar-refractivity contribution in [1.82, 2.24) is 4.90 Å². The highest BCUT2D eigenvalue weighted by Crippen LogP contribution is 2.21. The van der Waals surface area contributed by atoms with Crippen molar-refractivity contribution in [3.05, 3.63) is 0 Å². The normalized spacial score (nSPS) is 21.6. The maximum Gasteiger partial charge on any atom is 0.0674 e. The summed E-state index contributed by atoms with van der Waals surface area (Å²) >= 11 is 0. The molecule has 1 aliphatic rings. The first-order valence-corrected chi connectivity index (χ1v) is 6.32. The van der Waals surface area contributed by atoms with E-state index in [1.165, 1.54) is 38.5 Å². The number of hydrogen-bond acceptors (Lipinski definition) is 3. The maximum absolute atomic E-state index is 9.41. The molecule has 1 saturated carbocycles. The second kappa shape index (κ2) is 7.20. The lowest BCUT2D eigenvalue weighted by Gasteiger charge is -2.27. The van der Waals surface area contributed by atoms with Crippen LogP contribution in [0.15, 0.2) is 0 Å². The minimum Gasteiger partial charge on any atom is -0.392 e. The molecule has 0 aliphatic heterocycles. The molecule has 3 heteroatoms. The highest BCUT2D eigenvalue weighted by Gasteiger charge is 2.17. The average molecular weight is 214 g/mol. The largest absolute Gasteiger partial charge is 0.392 e. The van der Waals surface area contributed by atoms with Crippen LogP contribution in [0.5, 0.6) is 0 Å². The van der Waals surface area contributed by atoms with E-state index in [4.69, 9.17) is 5.73 Å². The van der Waals surface area contributed by atoms with Crippen molar-refractivity contribution in [2.24, 2.45) is 5.73 Å². The van der Waals surface area contributed by atoms with Gasteiger partial charge in [-0.15, -0.1) is 0 Å². The predicted octanol–water partition coefficient (Wildman–Crippen LogP) is 1.35. The Labute approximate surface area is 93.6 Å². The van der Waals surface area contributed by atoms with Crippen molar-refractivity contribution in [2.75, 3.05) is 20.1 Å². The highest BCUT2D eigenvalue weighted by molar-refractivity contribution is 4.73. The molecule has 1 aliphatic carbocycles. The lowest BCUT2D eigenvalue weighted by molar-refractivity contribution is 0.137. The first-order valence-electron chi connectivity index (χ1n) is 6.32. The number of nitrogens with two attached hydrogens (primary N) is 1. The first kappa shape index (κ1) is 12.9. The molecule has 1 atom stereocenters. The van der Waals surface area contributed by atoms with E-state index in [9.17, 15) is 5.11 Å². The Bertz CT molecular complexity index is 156. The fraction of sp³-hybridized carbons (Fsp3) is 1.00. The van der Waals surface area contributed by atoms with Gasteiger partial charge in [0, 0.05) is 19.1 Å². The van der Waals surface area contributed by atoms with Crippen LogP contribution in [-0.4, -0.2) is 42.3 Å². The van der Waals surface area contributed by atoms with Gasteiger partial charge in [-0.2, -0.15) is 0 Å². The Morgan fingerprint density at radius 1 is 1.27 bits per heavy atom. The van der Waals surface area contributed by atoms with Crippen LogP contribution in [0.3, 0.4) is 0 Å². The Balaban J connectivity index is 2.22. The zero-order chi connectivity index (χ0) is 11.1. The van der Waals surface area contributed by atoms with Gasteiger partial charge in [0.05, 0.1) is 6.10 Å². The van der Waals surface area contributed by atoms with Crippen LogP contribution in [0.25, 0.3) is 0 Å². The lowest BCUT2D eigenvalue weighted by atomic mass is 10.1. The Kier molecular flexibility index (Phi) is 6.22. The van der Waals surface area contributed by atoms with Crippen LogP contribution in [0.1, 0.15) is 44.9 Å². The van der Waals surface area contributed by atoms with Crippen molar-refractivity contribution in [2.45, 2.75) is 57.1 Å². The monoisotopic (exact) mass is 214 g/mol. The van der Waals surface area contributed by atoms with Crippen molar-refractivity contribution in [3.63, 3.8) is 0 Å². The first-order chi connectivity index (χ1) is 7.24. The van der Waals surface area contributed by atoms with Gasteiger partial charge in [0.15, 0.2) is 0 Å². The number of rotatable bonds is 5. The second-order valence-electron chi connectivity index (χ2n) is 4.80. The Morgan fingerprint density at radius 3 is 2.40 bits per heavy atom. The fourth-order valence-corrected chi connectivity index (χ4v) is 2.35. The van der Waals surface area contributed by atoms with Crippen LogP contribution in [0.4, 0.5) is 0 Å². The molecule has 1 unspecified atom stereocenters. The fourth-order valence-electron chi connectivity index (χ4n) is 2.35. The van der Waals surface area contributed by atoms with E-state index in [0.717, 1.165) is 19.0 Å². The molecular formula is C12H26N2O. The van der Waals surface area contributed by atoms with Crippen LogP contribution in [-0.2, 0) is 0 Å². The van der Waals surface area contributed by atoms with Crippen LogP contribution < -0.4 is 5.73 Å². The summed E-state index contributed by atoms with van der Waals surface area (Å²) in [4.78, 5) is 2.41. The van der Waals surface area contributed by atoms with Gasteiger partial charge in [-0.05, 0) is 26.3 Å². The molecule has 0 radical (unpaired) electrons. The van der Waals surface area contributed by atoms with E-state index in [0.29, 0.717) is 6.54 Å². The molecule has 0 bridgehead atoms. The third-order valence-electron chi connectivity index (χ3n) is 3.54. The Morgan fingerprint density at radius 2 is 1.87 bits per heavy atom. The summed E-state index contributed by atoms with van der Waals surface area (Å²) in [5.74, 6) is 0. The summed E-state index contributed by atoms with van der Waals surface area (Å²) in [6, 6.07) is 0.734. The summed E-state index contributed by atoms with van der Waals surface area (Å²) in [5, 5.41) is 9.41. The van der Waals surface area contributed by atoms with Gasteiger partial charge in [0.1, 0.15) is 0 Å². The number of aliphatic hydroxyl groups excluding tert-OH is 1. The molecule has 0 aromatic carbocycles. The predicted molar refractivity (Wildman–Crippen MR) is 63.8 cm³/mol. The van der Waals surface area contributed by atoms with E-state index in [1.807, 2.05) is 0 Å². The average Bonchev–Trinajstić information content (AvgIpc) is 2.53. The van der Waals surface area contributed by atoms with Gasteiger partial charge in [0.25, 0.3) is 0 Å². The molecule has 0 aromatic heterocycles. The minimum absolute atomic E-state index is 0.321. The van der Waals surface area contributed by atoms with Crippen LogP contribution >= 0.6 is 0 Å². The van der Waals surface area contributed by atoms with Crippen LogP contribution in [0, 0.1) is 0 Å². The molecule has 3 N–H and O–H groups in total. The summed E-state index contributed by atoms with van der Waals surface area (Å²) < 4.78 is 0. The molecule has 3 nitrogen and oxygen atoms in total. The minimum atomic E-state index is -0.321. The summed E-state index contributed by atoms with van der Waals surface area (Å²) in [6.45, 7) is 1.36. The smallest absolute Gasteiger partial charge is 0.0674 e. The van der Waals surface area contributed by atoms with E-state index in [1.54, 1.807) is 0 Å². The topological polar surface area (TPSA) is 49.5 Å². The molecule has 1 fully saturated rings. The SMILES string of the molecule is CN(CCC(O)CN)C1CCCCCC1.